The number of carboxylic acid groups (broad SMARTS) is 1. The smallest absolute Gasteiger partial charge is 0.337 e. The van der Waals surface area contributed by atoms with Crippen molar-refractivity contribution < 1.29 is 14.7 Å². The number of aromatic carboxylic acids is 1. The normalized spacial score (nSPS) is 17.4. The minimum Gasteiger partial charge on any atom is -0.478 e. The molecule has 0 radical (unpaired) electrons. The van der Waals surface area contributed by atoms with Crippen LogP contribution in [0.3, 0.4) is 0 Å². The number of carbonyl (C=O) groups excluding carboxylic acids is 1. The van der Waals surface area contributed by atoms with Crippen molar-refractivity contribution in [1.82, 2.24) is 15.2 Å². The molecule has 138 valence electrons. The Kier molecular flexibility index (Phi) is 5.42. The highest BCUT2D eigenvalue weighted by atomic mass is 16.4. The second-order valence-corrected chi connectivity index (χ2v) is 6.88. The van der Waals surface area contributed by atoms with Crippen LogP contribution in [-0.4, -0.2) is 53.0 Å². The van der Waals surface area contributed by atoms with Crippen LogP contribution in [0.15, 0.2) is 30.3 Å². The van der Waals surface area contributed by atoms with Crippen LogP contribution < -0.4 is 5.32 Å². The van der Waals surface area contributed by atoms with Gasteiger partial charge in [0.1, 0.15) is 5.69 Å². The van der Waals surface area contributed by atoms with E-state index in [-0.39, 0.29) is 11.5 Å². The Bertz CT molecular complexity index is 798. The summed E-state index contributed by atoms with van der Waals surface area (Å²) in [5, 5.41) is 12.1. The number of nitrogens with zero attached hydrogens (tertiary/aromatic N) is 1. The second kappa shape index (κ2) is 7.74. The van der Waals surface area contributed by atoms with E-state index in [0.717, 1.165) is 26.1 Å². The van der Waals surface area contributed by atoms with E-state index in [2.05, 4.69) is 39.5 Å². The predicted molar refractivity (Wildman–Crippen MR) is 99.8 cm³/mol. The Labute approximate surface area is 153 Å². The summed E-state index contributed by atoms with van der Waals surface area (Å²) >= 11 is 0. The van der Waals surface area contributed by atoms with E-state index >= 15 is 0 Å². The molecule has 1 aromatic heterocycles. The SMILES string of the molecule is Cc1[nH]c(C(=O)NCCN2CC[C@H](c3ccccc3)C2)c(C)c1C(=O)O. The van der Waals surface area contributed by atoms with Gasteiger partial charge in [-0.25, -0.2) is 4.79 Å². The molecule has 26 heavy (non-hydrogen) atoms. The van der Waals surface area contributed by atoms with Gasteiger partial charge in [0.15, 0.2) is 0 Å². The average Bonchev–Trinajstić information content (AvgIpc) is 3.20. The van der Waals surface area contributed by atoms with Crippen LogP contribution in [0, 0.1) is 13.8 Å². The lowest BCUT2D eigenvalue weighted by Gasteiger charge is -2.16. The van der Waals surface area contributed by atoms with Crippen LogP contribution in [-0.2, 0) is 0 Å². The van der Waals surface area contributed by atoms with Crippen molar-refractivity contribution in [3.05, 3.63) is 58.4 Å². The largest absolute Gasteiger partial charge is 0.478 e. The molecule has 1 atom stereocenters. The summed E-state index contributed by atoms with van der Waals surface area (Å²) in [4.78, 5) is 28.9. The molecule has 1 aliphatic rings. The van der Waals surface area contributed by atoms with Crippen molar-refractivity contribution in [3.8, 4) is 0 Å². The van der Waals surface area contributed by atoms with Gasteiger partial charge in [0.05, 0.1) is 5.56 Å². The number of rotatable bonds is 6. The number of nitrogens with one attached hydrogen (secondary N) is 2. The minimum atomic E-state index is -1.01. The number of carbonyl (C=O) groups is 2. The molecule has 1 aliphatic heterocycles. The highest BCUT2D eigenvalue weighted by Gasteiger charge is 2.24. The molecule has 1 amide bonds. The van der Waals surface area contributed by atoms with E-state index in [4.69, 9.17) is 0 Å². The third kappa shape index (κ3) is 3.80. The molecule has 0 aliphatic carbocycles. The highest BCUT2D eigenvalue weighted by molar-refractivity contribution is 5.99. The monoisotopic (exact) mass is 355 g/mol. The van der Waals surface area contributed by atoms with E-state index in [9.17, 15) is 14.7 Å². The average molecular weight is 355 g/mol. The first-order chi connectivity index (χ1) is 12.5. The fourth-order valence-corrected chi connectivity index (χ4v) is 3.75. The van der Waals surface area contributed by atoms with Crippen LogP contribution >= 0.6 is 0 Å². The van der Waals surface area contributed by atoms with Crippen LogP contribution in [0.25, 0.3) is 0 Å². The molecule has 1 saturated heterocycles. The van der Waals surface area contributed by atoms with E-state index in [1.807, 2.05) is 6.07 Å². The van der Waals surface area contributed by atoms with Crippen molar-refractivity contribution in [2.24, 2.45) is 0 Å². The standard InChI is InChI=1S/C20H25N3O3/c1-13-17(20(25)26)14(2)22-18(13)19(24)21-9-11-23-10-8-16(12-23)15-6-4-3-5-7-15/h3-7,16,22H,8-12H2,1-2H3,(H,21,24)(H,25,26)/t16-/m0/s1. The quantitative estimate of drug-likeness (QED) is 0.743. The highest BCUT2D eigenvalue weighted by Crippen LogP contribution is 2.26. The third-order valence-corrected chi connectivity index (χ3v) is 5.14. The maximum Gasteiger partial charge on any atom is 0.337 e. The van der Waals surface area contributed by atoms with Crippen LogP contribution in [0.2, 0.25) is 0 Å². The molecule has 1 aromatic carbocycles. The molecule has 0 bridgehead atoms. The van der Waals surface area contributed by atoms with Crippen LogP contribution in [0.4, 0.5) is 0 Å². The van der Waals surface area contributed by atoms with E-state index < -0.39 is 5.97 Å². The molecule has 3 N–H and O–H groups in total. The first kappa shape index (κ1) is 18.2. The number of aromatic amines is 1. The zero-order valence-corrected chi connectivity index (χ0v) is 15.2. The summed E-state index contributed by atoms with van der Waals surface area (Å²) in [7, 11) is 0. The Morgan fingerprint density at radius 3 is 2.65 bits per heavy atom. The number of hydrogen-bond acceptors (Lipinski definition) is 3. The summed E-state index contributed by atoms with van der Waals surface area (Å²) in [5.41, 5.74) is 2.88. The number of likely N-dealkylation sites (tertiary alicyclic amines) is 1. The van der Waals surface area contributed by atoms with Crippen molar-refractivity contribution in [3.63, 3.8) is 0 Å². The topological polar surface area (TPSA) is 85.4 Å². The maximum absolute atomic E-state index is 12.4. The molecule has 3 rings (SSSR count). The number of amides is 1. The van der Waals surface area contributed by atoms with Crippen molar-refractivity contribution in [2.75, 3.05) is 26.2 Å². The van der Waals surface area contributed by atoms with E-state index in [1.54, 1.807) is 13.8 Å². The first-order valence-electron chi connectivity index (χ1n) is 8.95. The van der Waals surface area contributed by atoms with Gasteiger partial charge in [0.2, 0.25) is 0 Å². The number of hydrogen-bond donors (Lipinski definition) is 3. The zero-order chi connectivity index (χ0) is 18.7. The van der Waals surface area contributed by atoms with Gasteiger partial charge < -0.3 is 20.3 Å². The number of H-pyrrole nitrogens is 1. The molecular formula is C20H25N3O3. The summed E-state index contributed by atoms with van der Waals surface area (Å²) in [6.07, 6.45) is 1.13. The summed E-state index contributed by atoms with van der Waals surface area (Å²) in [6.45, 7) is 6.69. The minimum absolute atomic E-state index is 0.181. The molecule has 6 nitrogen and oxygen atoms in total. The molecular weight excluding hydrogens is 330 g/mol. The molecule has 6 heteroatoms. The third-order valence-electron chi connectivity index (χ3n) is 5.14. The van der Waals surface area contributed by atoms with Gasteiger partial charge >= 0.3 is 5.97 Å². The molecule has 0 spiro atoms. The maximum atomic E-state index is 12.4. The van der Waals surface area contributed by atoms with Crippen molar-refractivity contribution in [2.45, 2.75) is 26.2 Å². The molecule has 1 fully saturated rings. The summed E-state index contributed by atoms with van der Waals surface area (Å²) in [6, 6.07) is 10.5. The van der Waals surface area contributed by atoms with Gasteiger partial charge in [-0.1, -0.05) is 30.3 Å². The lowest BCUT2D eigenvalue weighted by atomic mass is 9.99. The molecule has 0 saturated carbocycles. The Balaban J connectivity index is 1.51. The van der Waals surface area contributed by atoms with Gasteiger partial charge in [-0.3, -0.25) is 4.79 Å². The van der Waals surface area contributed by atoms with Gasteiger partial charge in [0, 0.05) is 25.3 Å². The molecule has 0 unspecified atom stereocenters. The van der Waals surface area contributed by atoms with Gasteiger partial charge in [-0.2, -0.15) is 0 Å². The van der Waals surface area contributed by atoms with E-state index in [1.165, 1.54) is 5.56 Å². The fraction of sp³-hybridized carbons (Fsp3) is 0.400. The zero-order valence-electron chi connectivity index (χ0n) is 15.2. The van der Waals surface area contributed by atoms with Crippen molar-refractivity contribution >= 4 is 11.9 Å². The van der Waals surface area contributed by atoms with Crippen LogP contribution in [0.1, 0.15) is 50.0 Å². The summed E-state index contributed by atoms with van der Waals surface area (Å²) in [5.74, 6) is -0.713. The number of carboxylic acids is 1. The Morgan fingerprint density at radius 2 is 2.00 bits per heavy atom. The van der Waals surface area contributed by atoms with Gasteiger partial charge in [-0.15, -0.1) is 0 Å². The second-order valence-electron chi connectivity index (χ2n) is 6.88. The fourth-order valence-electron chi connectivity index (χ4n) is 3.75. The number of aromatic nitrogens is 1. The lowest BCUT2D eigenvalue weighted by molar-refractivity contribution is 0.0695. The molecule has 2 heterocycles. The van der Waals surface area contributed by atoms with Crippen molar-refractivity contribution in [1.29, 1.82) is 0 Å². The number of benzene rings is 1. The number of aryl methyl sites for hydroxylation is 1. The Morgan fingerprint density at radius 1 is 1.27 bits per heavy atom. The van der Waals surface area contributed by atoms with Gasteiger partial charge in [-0.05, 0) is 43.9 Å². The lowest BCUT2D eigenvalue weighted by Crippen LogP contribution is -2.34. The van der Waals surface area contributed by atoms with Crippen LogP contribution in [0.5, 0.6) is 0 Å². The molecule has 2 aromatic rings. The first-order valence-corrected chi connectivity index (χ1v) is 8.95. The predicted octanol–water partition coefficient (Wildman–Crippen LogP) is 2.55. The Hall–Kier alpha value is -2.60. The summed E-state index contributed by atoms with van der Waals surface area (Å²) < 4.78 is 0. The van der Waals surface area contributed by atoms with E-state index in [0.29, 0.717) is 29.4 Å². The van der Waals surface area contributed by atoms with Gasteiger partial charge in [0.25, 0.3) is 5.91 Å².